The lowest BCUT2D eigenvalue weighted by Gasteiger charge is -2.05. The summed E-state index contributed by atoms with van der Waals surface area (Å²) in [7, 11) is 0. The molecular weight excluding hydrogens is 308 g/mol. The lowest BCUT2D eigenvalue weighted by atomic mass is 10.1. The molecular formula is C18H14N2O4. The molecule has 2 aromatic carbocycles. The zero-order valence-electron chi connectivity index (χ0n) is 12.6. The highest BCUT2D eigenvalue weighted by Crippen LogP contribution is 2.15. The Kier molecular flexibility index (Phi) is 5.70. The highest BCUT2D eigenvalue weighted by atomic mass is 16.5. The third kappa shape index (κ3) is 5.00. The largest absolute Gasteiger partial charge is 0.482 e. The van der Waals surface area contributed by atoms with Crippen LogP contribution in [0.3, 0.4) is 0 Å². The molecule has 6 nitrogen and oxygen atoms in total. The summed E-state index contributed by atoms with van der Waals surface area (Å²) >= 11 is 0. The average Bonchev–Trinajstić information content (AvgIpc) is 2.59. The predicted molar refractivity (Wildman–Crippen MR) is 88.2 cm³/mol. The van der Waals surface area contributed by atoms with E-state index in [2.05, 4.69) is 5.32 Å². The molecule has 2 aromatic rings. The Morgan fingerprint density at radius 1 is 1.12 bits per heavy atom. The maximum absolute atomic E-state index is 12.1. The number of carbonyl (C=O) groups is 2. The van der Waals surface area contributed by atoms with Crippen molar-refractivity contribution in [1.29, 1.82) is 5.26 Å². The van der Waals surface area contributed by atoms with Gasteiger partial charge in [0.1, 0.15) is 17.4 Å². The molecule has 0 atom stereocenters. The van der Waals surface area contributed by atoms with Crippen molar-refractivity contribution >= 4 is 23.6 Å². The van der Waals surface area contributed by atoms with Crippen molar-refractivity contribution in [3.05, 3.63) is 65.7 Å². The van der Waals surface area contributed by atoms with Crippen LogP contribution in [-0.2, 0) is 9.59 Å². The minimum Gasteiger partial charge on any atom is -0.482 e. The van der Waals surface area contributed by atoms with Crippen molar-refractivity contribution in [2.75, 3.05) is 11.9 Å². The molecule has 0 heterocycles. The van der Waals surface area contributed by atoms with E-state index in [1.54, 1.807) is 48.5 Å². The van der Waals surface area contributed by atoms with Crippen LogP contribution >= 0.6 is 0 Å². The van der Waals surface area contributed by atoms with E-state index < -0.39 is 18.5 Å². The normalized spacial score (nSPS) is 10.5. The number of benzene rings is 2. The monoisotopic (exact) mass is 322 g/mol. The summed E-state index contributed by atoms with van der Waals surface area (Å²) in [5.41, 5.74) is 1.18. The van der Waals surface area contributed by atoms with Crippen LogP contribution in [0.2, 0.25) is 0 Å². The fourth-order valence-electron chi connectivity index (χ4n) is 1.84. The van der Waals surface area contributed by atoms with Crippen LogP contribution in [0.1, 0.15) is 5.56 Å². The molecule has 2 N–H and O–H groups in total. The van der Waals surface area contributed by atoms with Crippen LogP contribution in [0.4, 0.5) is 5.69 Å². The quantitative estimate of drug-likeness (QED) is 0.629. The van der Waals surface area contributed by atoms with Crippen molar-refractivity contribution in [3.63, 3.8) is 0 Å². The Morgan fingerprint density at radius 2 is 1.79 bits per heavy atom. The zero-order valence-corrected chi connectivity index (χ0v) is 12.6. The van der Waals surface area contributed by atoms with Crippen molar-refractivity contribution < 1.29 is 19.4 Å². The van der Waals surface area contributed by atoms with Crippen LogP contribution in [0.25, 0.3) is 6.08 Å². The third-order valence-corrected chi connectivity index (χ3v) is 2.95. The van der Waals surface area contributed by atoms with E-state index in [0.29, 0.717) is 17.0 Å². The minimum atomic E-state index is -1.07. The van der Waals surface area contributed by atoms with Gasteiger partial charge in [0, 0.05) is 5.69 Å². The number of nitrogens with one attached hydrogen (secondary N) is 1. The van der Waals surface area contributed by atoms with Gasteiger partial charge in [-0.3, -0.25) is 4.79 Å². The lowest BCUT2D eigenvalue weighted by Crippen LogP contribution is -2.13. The molecule has 0 unspecified atom stereocenters. The molecule has 24 heavy (non-hydrogen) atoms. The maximum atomic E-state index is 12.1. The summed E-state index contributed by atoms with van der Waals surface area (Å²) in [5.74, 6) is -1.18. The summed E-state index contributed by atoms with van der Waals surface area (Å²) in [6, 6.07) is 17.1. The Labute approximate surface area is 138 Å². The number of nitriles is 1. The highest BCUT2D eigenvalue weighted by Gasteiger charge is 2.09. The number of hydrogen-bond acceptors (Lipinski definition) is 4. The molecule has 0 aliphatic heterocycles. The number of nitrogens with zero attached hydrogens (tertiary/aromatic N) is 1. The van der Waals surface area contributed by atoms with E-state index in [0.717, 1.165) is 0 Å². The second kappa shape index (κ2) is 8.15. The van der Waals surface area contributed by atoms with Gasteiger partial charge in [-0.1, -0.05) is 30.3 Å². The van der Waals surface area contributed by atoms with E-state index in [1.807, 2.05) is 12.1 Å². The predicted octanol–water partition coefficient (Wildman–Crippen LogP) is 2.70. The SMILES string of the molecule is N#C/C(=C\c1ccc(OCC(=O)O)cc1)C(=O)Nc1ccccc1. The van der Waals surface area contributed by atoms with Crippen LogP contribution in [-0.4, -0.2) is 23.6 Å². The average molecular weight is 322 g/mol. The number of hydrogen-bond donors (Lipinski definition) is 2. The van der Waals surface area contributed by atoms with E-state index in [-0.39, 0.29) is 5.57 Å². The molecule has 0 spiro atoms. The van der Waals surface area contributed by atoms with Gasteiger partial charge in [0.05, 0.1) is 0 Å². The molecule has 0 saturated heterocycles. The number of carboxylic acids is 1. The fourth-order valence-corrected chi connectivity index (χ4v) is 1.84. The van der Waals surface area contributed by atoms with Gasteiger partial charge in [-0.2, -0.15) is 5.26 Å². The van der Waals surface area contributed by atoms with Gasteiger partial charge in [-0.25, -0.2) is 4.79 Å². The van der Waals surface area contributed by atoms with E-state index >= 15 is 0 Å². The van der Waals surface area contributed by atoms with Crippen molar-refractivity contribution in [3.8, 4) is 11.8 Å². The molecule has 1 amide bonds. The topological polar surface area (TPSA) is 99.4 Å². The number of ether oxygens (including phenoxy) is 1. The van der Waals surface area contributed by atoms with E-state index in [9.17, 15) is 9.59 Å². The lowest BCUT2D eigenvalue weighted by molar-refractivity contribution is -0.139. The molecule has 0 fully saturated rings. The first kappa shape index (κ1) is 16.8. The third-order valence-electron chi connectivity index (χ3n) is 2.95. The number of aliphatic carboxylic acids is 1. The van der Waals surface area contributed by atoms with Crippen molar-refractivity contribution in [2.24, 2.45) is 0 Å². The van der Waals surface area contributed by atoms with Gasteiger partial charge in [-0.05, 0) is 35.9 Å². The fraction of sp³-hybridized carbons (Fsp3) is 0.0556. The van der Waals surface area contributed by atoms with Crippen molar-refractivity contribution in [1.82, 2.24) is 0 Å². The number of carbonyl (C=O) groups excluding carboxylic acids is 1. The number of para-hydroxylation sites is 1. The first-order valence-corrected chi connectivity index (χ1v) is 7.01. The summed E-state index contributed by atoms with van der Waals surface area (Å²) in [6.45, 7) is -0.432. The summed E-state index contributed by atoms with van der Waals surface area (Å²) in [4.78, 5) is 22.5. The van der Waals surface area contributed by atoms with Crippen LogP contribution in [0.15, 0.2) is 60.2 Å². The highest BCUT2D eigenvalue weighted by molar-refractivity contribution is 6.09. The molecule has 0 bridgehead atoms. The van der Waals surface area contributed by atoms with E-state index in [4.69, 9.17) is 15.1 Å². The zero-order chi connectivity index (χ0) is 17.4. The maximum Gasteiger partial charge on any atom is 0.341 e. The molecule has 0 saturated carbocycles. The van der Waals surface area contributed by atoms with Crippen LogP contribution < -0.4 is 10.1 Å². The molecule has 0 radical (unpaired) electrons. The van der Waals surface area contributed by atoms with Gasteiger partial charge in [0.15, 0.2) is 6.61 Å². The molecule has 120 valence electrons. The Hall–Kier alpha value is -3.59. The van der Waals surface area contributed by atoms with Gasteiger partial charge in [-0.15, -0.1) is 0 Å². The van der Waals surface area contributed by atoms with Crippen LogP contribution in [0, 0.1) is 11.3 Å². The van der Waals surface area contributed by atoms with Gasteiger partial charge in [0.25, 0.3) is 5.91 Å². The summed E-state index contributed by atoms with van der Waals surface area (Å²) < 4.78 is 5.02. The number of carboxylic acid groups (broad SMARTS) is 1. The minimum absolute atomic E-state index is 0.0435. The standard InChI is InChI=1S/C18H14N2O4/c19-11-14(18(23)20-15-4-2-1-3-5-15)10-13-6-8-16(9-7-13)24-12-17(21)22/h1-10H,12H2,(H,20,23)(H,21,22)/b14-10+. The molecule has 0 aliphatic rings. The van der Waals surface area contributed by atoms with Crippen LogP contribution in [0.5, 0.6) is 5.75 Å². The van der Waals surface area contributed by atoms with E-state index in [1.165, 1.54) is 6.08 Å². The summed E-state index contributed by atoms with van der Waals surface area (Å²) in [6.07, 6.45) is 1.44. The first-order valence-electron chi connectivity index (χ1n) is 7.01. The summed E-state index contributed by atoms with van der Waals surface area (Å²) in [5, 5.41) is 20.4. The molecule has 2 rings (SSSR count). The molecule has 6 heteroatoms. The van der Waals surface area contributed by atoms with Gasteiger partial charge >= 0.3 is 5.97 Å². The first-order chi connectivity index (χ1) is 11.6. The molecule has 0 aromatic heterocycles. The second-order valence-corrected chi connectivity index (χ2v) is 4.74. The van der Waals surface area contributed by atoms with Crippen molar-refractivity contribution in [2.45, 2.75) is 0 Å². The van der Waals surface area contributed by atoms with Gasteiger partial charge < -0.3 is 15.2 Å². The molecule has 0 aliphatic carbocycles. The number of amides is 1. The number of anilines is 1. The number of rotatable bonds is 6. The Morgan fingerprint density at radius 3 is 2.38 bits per heavy atom. The second-order valence-electron chi connectivity index (χ2n) is 4.74. The Balaban J connectivity index is 2.08. The smallest absolute Gasteiger partial charge is 0.341 e. The van der Waals surface area contributed by atoms with Gasteiger partial charge in [0.2, 0.25) is 0 Å². The Bertz CT molecular complexity index is 790.